The van der Waals surface area contributed by atoms with E-state index in [1.165, 1.54) is 6.92 Å². The van der Waals surface area contributed by atoms with Crippen LogP contribution in [0.5, 0.6) is 0 Å². The Morgan fingerprint density at radius 2 is 2.15 bits per heavy atom. The number of nitrogens with zero attached hydrogens (tertiary/aromatic N) is 1. The topological polar surface area (TPSA) is 79.6 Å². The van der Waals surface area contributed by atoms with Gasteiger partial charge < -0.3 is 19.4 Å². The number of furan rings is 1. The molecule has 0 saturated carbocycles. The molecule has 27 heavy (non-hydrogen) atoms. The number of amides is 1. The van der Waals surface area contributed by atoms with E-state index in [1.807, 2.05) is 32.0 Å². The van der Waals surface area contributed by atoms with E-state index in [-0.39, 0.29) is 18.1 Å². The number of rotatable bonds is 8. The van der Waals surface area contributed by atoms with Crippen molar-refractivity contribution in [1.29, 1.82) is 0 Å². The summed E-state index contributed by atoms with van der Waals surface area (Å²) in [5.74, 6) is 1.46. The standard InChI is InChI=1S/C21H24N2O4/c1-13-10-16(27-15(13)3)11-22-19-7-4-6-17-18(19)12-23(21(17)26)20(14(2)25)8-5-9-24/h4,6-7,9-10,20,22H,5,8,11-12H2,1-3H3. The van der Waals surface area contributed by atoms with Gasteiger partial charge in [-0.3, -0.25) is 9.59 Å². The van der Waals surface area contributed by atoms with Crippen molar-refractivity contribution in [3.63, 3.8) is 0 Å². The van der Waals surface area contributed by atoms with Crippen molar-refractivity contribution in [2.75, 3.05) is 5.32 Å². The molecule has 0 radical (unpaired) electrons. The monoisotopic (exact) mass is 368 g/mol. The predicted octanol–water partition coefficient (Wildman–Crippen LogP) is 3.40. The summed E-state index contributed by atoms with van der Waals surface area (Å²) in [6, 6.07) is 6.95. The molecular formula is C21H24N2O4. The van der Waals surface area contributed by atoms with Crippen molar-refractivity contribution in [1.82, 2.24) is 4.90 Å². The van der Waals surface area contributed by atoms with Gasteiger partial charge in [0.25, 0.3) is 5.91 Å². The number of aldehydes is 1. The van der Waals surface area contributed by atoms with E-state index in [9.17, 15) is 14.4 Å². The van der Waals surface area contributed by atoms with Crippen LogP contribution >= 0.6 is 0 Å². The number of hydrogen-bond acceptors (Lipinski definition) is 5. The van der Waals surface area contributed by atoms with Gasteiger partial charge in [-0.05, 0) is 51.0 Å². The average molecular weight is 368 g/mol. The molecule has 0 saturated heterocycles. The van der Waals surface area contributed by atoms with Crippen molar-refractivity contribution in [3.8, 4) is 0 Å². The molecule has 6 nitrogen and oxygen atoms in total. The van der Waals surface area contributed by atoms with Crippen LogP contribution in [-0.4, -0.2) is 28.9 Å². The predicted molar refractivity (Wildman–Crippen MR) is 102 cm³/mol. The Hall–Kier alpha value is -2.89. The maximum Gasteiger partial charge on any atom is 0.255 e. The van der Waals surface area contributed by atoms with Gasteiger partial charge >= 0.3 is 0 Å². The molecule has 1 aliphatic rings. The summed E-state index contributed by atoms with van der Waals surface area (Å²) in [5.41, 5.74) is 3.43. The van der Waals surface area contributed by atoms with Gasteiger partial charge in [0.1, 0.15) is 17.8 Å². The molecule has 0 bridgehead atoms. The second kappa shape index (κ2) is 7.78. The molecule has 142 valence electrons. The van der Waals surface area contributed by atoms with Gasteiger partial charge in [-0.2, -0.15) is 0 Å². The summed E-state index contributed by atoms with van der Waals surface area (Å²) in [7, 11) is 0. The maximum atomic E-state index is 12.8. The van der Waals surface area contributed by atoms with Gasteiger partial charge in [-0.25, -0.2) is 0 Å². The third-order valence-corrected chi connectivity index (χ3v) is 5.07. The second-order valence-corrected chi connectivity index (χ2v) is 6.94. The van der Waals surface area contributed by atoms with E-state index in [1.54, 1.807) is 11.0 Å². The molecule has 6 heteroatoms. The Bertz CT molecular complexity index is 865. The first-order chi connectivity index (χ1) is 12.9. The minimum Gasteiger partial charge on any atom is -0.464 e. The molecular weight excluding hydrogens is 344 g/mol. The van der Waals surface area contributed by atoms with Crippen LogP contribution < -0.4 is 5.32 Å². The molecule has 3 rings (SSSR count). The first-order valence-electron chi connectivity index (χ1n) is 9.09. The van der Waals surface area contributed by atoms with Crippen molar-refractivity contribution in [2.24, 2.45) is 0 Å². The van der Waals surface area contributed by atoms with Crippen LogP contribution in [0.15, 0.2) is 28.7 Å². The first-order valence-corrected chi connectivity index (χ1v) is 9.09. The highest BCUT2D eigenvalue weighted by Gasteiger charge is 2.35. The number of nitrogens with one attached hydrogen (secondary N) is 1. The van der Waals surface area contributed by atoms with Gasteiger partial charge in [0.05, 0.1) is 12.6 Å². The largest absolute Gasteiger partial charge is 0.464 e. The van der Waals surface area contributed by atoms with E-state index in [2.05, 4.69) is 5.32 Å². The smallest absolute Gasteiger partial charge is 0.255 e. The average Bonchev–Trinajstić information content (AvgIpc) is 3.13. The van der Waals surface area contributed by atoms with E-state index >= 15 is 0 Å². The summed E-state index contributed by atoms with van der Waals surface area (Å²) in [4.78, 5) is 37.1. The third-order valence-electron chi connectivity index (χ3n) is 5.07. The molecule has 1 atom stereocenters. The molecule has 0 aliphatic carbocycles. The fourth-order valence-corrected chi connectivity index (χ4v) is 3.50. The van der Waals surface area contributed by atoms with Gasteiger partial charge in [0, 0.05) is 29.8 Å². The van der Waals surface area contributed by atoms with Gasteiger partial charge in [0.2, 0.25) is 0 Å². The van der Waals surface area contributed by atoms with E-state index < -0.39 is 6.04 Å². The number of benzene rings is 1. The summed E-state index contributed by atoms with van der Waals surface area (Å²) in [6.07, 6.45) is 1.39. The van der Waals surface area contributed by atoms with Crippen LogP contribution in [0.1, 0.15) is 52.8 Å². The van der Waals surface area contributed by atoms with Gasteiger partial charge in [0.15, 0.2) is 5.78 Å². The minimum atomic E-state index is -0.571. The van der Waals surface area contributed by atoms with E-state index in [0.717, 1.165) is 34.6 Å². The number of aryl methyl sites for hydroxylation is 2. The molecule has 1 N–H and O–H groups in total. The lowest BCUT2D eigenvalue weighted by Gasteiger charge is -2.25. The number of ketones is 1. The Morgan fingerprint density at radius 1 is 1.37 bits per heavy atom. The van der Waals surface area contributed by atoms with Gasteiger partial charge in [-0.15, -0.1) is 0 Å². The number of carbonyl (C=O) groups excluding carboxylic acids is 3. The Morgan fingerprint density at radius 3 is 2.78 bits per heavy atom. The highest BCUT2D eigenvalue weighted by molar-refractivity contribution is 6.02. The molecule has 2 heterocycles. The van der Waals surface area contributed by atoms with E-state index in [4.69, 9.17) is 4.42 Å². The van der Waals surface area contributed by atoms with Crippen molar-refractivity contribution in [3.05, 3.63) is 52.5 Å². The molecule has 1 aromatic carbocycles. The Balaban J connectivity index is 1.80. The molecule has 0 fully saturated rings. The first kappa shape index (κ1) is 18.9. The minimum absolute atomic E-state index is 0.103. The van der Waals surface area contributed by atoms with Crippen LogP contribution in [0.25, 0.3) is 0 Å². The molecule has 2 aromatic rings. The zero-order valence-corrected chi connectivity index (χ0v) is 15.9. The molecule has 1 amide bonds. The lowest BCUT2D eigenvalue weighted by atomic mass is 10.1. The summed E-state index contributed by atoms with van der Waals surface area (Å²) < 4.78 is 5.69. The van der Waals surface area contributed by atoms with Crippen LogP contribution in [0.3, 0.4) is 0 Å². The second-order valence-electron chi connectivity index (χ2n) is 6.94. The fourth-order valence-electron chi connectivity index (χ4n) is 3.50. The van der Waals surface area contributed by atoms with Crippen LogP contribution in [0.2, 0.25) is 0 Å². The third kappa shape index (κ3) is 3.79. The SMILES string of the molecule is CC(=O)C(CCC=O)N1Cc2c(NCc3cc(C)c(C)o3)cccc2C1=O. The van der Waals surface area contributed by atoms with Crippen molar-refractivity contribution in [2.45, 2.75) is 52.7 Å². The van der Waals surface area contributed by atoms with E-state index in [0.29, 0.717) is 25.1 Å². The number of fused-ring (bicyclic) bond motifs is 1. The highest BCUT2D eigenvalue weighted by atomic mass is 16.3. The summed E-state index contributed by atoms with van der Waals surface area (Å²) >= 11 is 0. The summed E-state index contributed by atoms with van der Waals surface area (Å²) in [6.45, 7) is 6.26. The molecule has 1 unspecified atom stereocenters. The van der Waals surface area contributed by atoms with Gasteiger partial charge in [-0.1, -0.05) is 6.07 Å². The lowest BCUT2D eigenvalue weighted by Crippen LogP contribution is -2.40. The Kier molecular flexibility index (Phi) is 5.44. The maximum absolute atomic E-state index is 12.8. The lowest BCUT2D eigenvalue weighted by molar-refractivity contribution is -0.121. The quantitative estimate of drug-likeness (QED) is 0.723. The van der Waals surface area contributed by atoms with Crippen molar-refractivity contribution >= 4 is 23.7 Å². The number of anilines is 1. The number of hydrogen-bond donors (Lipinski definition) is 1. The summed E-state index contributed by atoms with van der Waals surface area (Å²) in [5, 5.41) is 3.34. The zero-order chi connectivity index (χ0) is 19.6. The Labute approximate surface area is 158 Å². The molecule has 1 aromatic heterocycles. The molecule has 0 spiro atoms. The highest BCUT2D eigenvalue weighted by Crippen LogP contribution is 2.32. The van der Waals surface area contributed by atoms with Crippen LogP contribution in [0.4, 0.5) is 5.69 Å². The number of carbonyl (C=O) groups is 3. The molecule has 1 aliphatic heterocycles. The fraction of sp³-hybridized carbons (Fsp3) is 0.381. The van der Waals surface area contributed by atoms with Crippen LogP contribution in [0, 0.1) is 13.8 Å². The number of Topliss-reactive ketones (excluding diaryl/α,β-unsaturated/α-hetero) is 1. The zero-order valence-electron chi connectivity index (χ0n) is 15.9. The van der Waals surface area contributed by atoms with Crippen molar-refractivity contribution < 1.29 is 18.8 Å². The van der Waals surface area contributed by atoms with Crippen LogP contribution in [-0.2, 0) is 22.7 Å². The normalized spacial score (nSPS) is 14.2.